The molecule has 0 aromatic carbocycles. The van der Waals surface area contributed by atoms with E-state index in [-0.39, 0.29) is 6.10 Å². The fraction of sp³-hybridized carbons (Fsp3) is 0.931. The first-order chi connectivity index (χ1) is 14.2. The van der Waals surface area contributed by atoms with Gasteiger partial charge in [-0.25, -0.2) is 0 Å². The van der Waals surface area contributed by atoms with E-state index in [1.807, 2.05) is 0 Å². The van der Waals surface area contributed by atoms with Crippen LogP contribution >= 0.6 is 0 Å². The summed E-state index contributed by atoms with van der Waals surface area (Å²) in [5.41, 5.74) is 2.59. The van der Waals surface area contributed by atoms with Gasteiger partial charge in [0.15, 0.2) is 0 Å². The van der Waals surface area contributed by atoms with Gasteiger partial charge < -0.3 is 5.11 Å². The number of aliphatic hydroxyl groups is 1. The van der Waals surface area contributed by atoms with E-state index >= 15 is 0 Å². The molecule has 9 atom stereocenters. The fourth-order valence-corrected chi connectivity index (χ4v) is 9.30. The van der Waals surface area contributed by atoms with Crippen molar-refractivity contribution in [3.63, 3.8) is 0 Å². The van der Waals surface area contributed by atoms with Crippen molar-refractivity contribution in [2.24, 2.45) is 52.3 Å². The van der Waals surface area contributed by atoms with E-state index in [1.54, 1.807) is 5.57 Å². The largest absolute Gasteiger partial charge is 0.393 e. The fourth-order valence-electron chi connectivity index (χ4n) is 9.30. The summed E-state index contributed by atoms with van der Waals surface area (Å²) in [7, 11) is 0. The van der Waals surface area contributed by atoms with Crippen molar-refractivity contribution in [3.8, 4) is 0 Å². The van der Waals surface area contributed by atoms with Crippen molar-refractivity contribution in [1.29, 1.82) is 0 Å². The zero-order valence-corrected chi connectivity index (χ0v) is 20.9. The third-order valence-electron chi connectivity index (χ3n) is 11.3. The van der Waals surface area contributed by atoms with Crippen LogP contribution in [0.15, 0.2) is 11.6 Å². The van der Waals surface area contributed by atoms with Gasteiger partial charge in [0.1, 0.15) is 0 Å². The van der Waals surface area contributed by atoms with Crippen LogP contribution in [0.5, 0.6) is 0 Å². The Kier molecular flexibility index (Phi) is 6.53. The predicted octanol–water partition coefficient (Wildman–Crippen LogP) is 8.02. The molecule has 4 rings (SSSR count). The van der Waals surface area contributed by atoms with Crippen LogP contribution in [0.2, 0.25) is 0 Å². The minimum atomic E-state index is -0.0794. The molecular formula is C29H50O. The molecule has 0 unspecified atom stereocenters. The molecule has 0 saturated heterocycles. The maximum Gasteiger partial charge on any atom is 0.0577 e. The van der Waals surface area contributed by atoms with Crippen molar-refractivity contribution in [1.82, 2.24) is 0 Å². The Morgan fingerprint density at radius 3 is 2.47 bits per heavy atom. The topological polar surface area (TPSA) is 20.2 Å². The second-order valence-electron chi connectivity index (χ2n) is 12.9. The number of allylic oxidation sites excluding steroid dienone is 1. The van der Waals surface area contributed by atoms with Crippen molar-refractivity contribution < 1.29 is 5.11 Å². The molecule has 3 fully saturated rings. The lowest BCUT2D eigenvalue weighted by Gasteiger charge is -2.58. The van der Waals surface area contributed by atoms with Gasteiger partial charge in [-0.1, -0.05) is 66.0 Å². The summed E-state index contributed by atoms with van der Waals surface area (Å²) in [6.07, 6.45) is 17.1. The number of fused-ring (bicyclic) bond motifs is 5. The molecule has 0 aromatic heterocycles. The van der Waals surface area contributed by atoms with E-state index in [9.17, 15) is 5.11 Å². The van der Waals surface area contributed by atoms with Crippen LogP contribution in [0.4, 0.5) is 0 Å². The Morgan fingerprint density at radius 1 is 1.00 bits per heavy atom. The van der Waals surface area contributed by atoms with Crippen molar-refractivity contribution in [2.45, 2.75) is 118 Å². The highest BCUT2D eigenvalue weighted by atomic mass is 16.3. The third-order valence-corrected chi connectivity index (χ3v) is 11.3. The zero-order valence-electron chi connectivity index (χ0n) is 20.9. The van der Waals surface area contributed by atoms with Gasteiger partial charge >= 0.3 is 0 Å². The number of hydrogen-bond acceptors (Lipinski definition) is 1. The van der Waals surface area contributed by atoms with E-state index in [0.29, 0.717) is 10.8 Å². The standard InChI is InChI=1S/C29H50O/c1-7-21(19(2)3)9-8-20(4)25-12-13-26-24-11-10-22-18-23(30)14-16-28(22,5)27(24)15-17-29(25,26)6/h10,19-21,23-27,30H,7-9,11-18H2,1-6H3/t20-,21-,23-,24+,25-,26-,27-,28+,29-/m1/s1. The highest BCUT2D eigenvalue weighted by Gasteiger charge is 2.59. The molecule has 0 spiro atoms. The minimum Gasteiger partial charge on any atom is -0.393 e. The minimum absolute atomic E-state index is 0.0794. The second-order valence-corrected chi connectivity index (χ2v) is 12.9. The lowest BCUT2D eigenvalue weighted by atomic mass is 9.47. The molecule has 1 heteroatoms. The average Bonchev–Trinajstić information content (AvgIpc) is 3.06. The highest BCUT2D eigenvalue weighted by molar-refractivity contribution is 5.25. The number of aliphatic hydroxyl groups excluding tert-OH is 1. The van der Waals surface area contributed by atoms with Crippen LogP contribution in [0, 0.1) is 52.3 Å². The summed E-state index contributed by atoms with van der Waals surface area (Å²) < 4.78 is 0. The Hall–Kier alpha value is -0.300. The van der Waals surface area contributed by atoms with Gasteiger partial charge in [0.25, 0.3) is 0 Å². The van der Waals surface area contributed by atoms with Crippen LogP contribution < -0.4 is 0 Å². The smallest absolute Gasteiger partial charge is 0.0577 e. The first kappa shape index (κ1) is 22.9. The molecule has 0 amide bonds. The van der Waals surface area contributed by atoms with E-state index in [1.165, 1.54) is 57.8 Å². The quantitative estimate of drug-likeness (QED) is 0.436. The number of hydrogen-bond donors (Lipinski definition) is 1. The van der Waals surface area contributed by atoms with E-state index in [0.717, 1.165) is 54.3 Å². The lowest BCUT2D eigenvalue weighted by Crippen LogP contribution is -2.50. The lowest BCUT2D eigenvalue weighted by molar-refractivity contribution is -0.0575. The second kappa shape index (κ2) is 8.57. The molecule has 0 bridgehead atoms. The van der Waals surface area contributed by atoms with Gasteiger partial charge in [-0.2, -0.15) is 0 Å². The van der Waals surface area contributed by atoms with Gasteiger partial charge in [-0.3, -0.25) is 0 Å². The summed E-state index contributed by atoms with van der Waals surface area (Å²) in [6, 6.07) is 0. The highest BCUT2D eigenvalue weighted by Crippen LogP contribution is 2.67. The monoisotopic (exact) mass is 414 g/mol. The normalized spacial score (nSPS) is 45.3. The average molecular weight is 415 g/mol. The molecule has 1 nitrogen and oxygen atoms in total. The molecule has 172 valence electrons. The van der Waals surface area contributed by atoms with Gasteiger partial charge in [-0.05, 0) is 110 Å². The first-order valence-corrected chi connectivity index (χ1v) is 13.6. The summed E-state index contributed by atoms with van der Waals surface area (Å²) in [4.78, 5) is 0. The van der Waals surface area contributed by atoms with Crippen molar-refractivity contribution >= 4 is 0 Å². The molecule has 0 heterocycles. The summed E-state index contributed by atoms with van der Waals surface area (Å²) in [5, 5.41) is 10.2. The first-order valence-electron chi connectivity index (χ1n) is 13.6. The predicted molar refractivity (Wildman–Crippen MR) is 128 cm³/mol. The molecule has 4 aliphatic rings. The summed E-state index contributed by atoms with van der Waals surface area (Å²) in [6.45, 7) is 15.1. The van der Waals surface area contributed by atoms with E-state index in [2.05, 4.69) is 47.6 Å². The Bertz CT molecular complexity index is 634. The molecule has 0 aromatic rings. The molecule has 4 aliphatic carbocycles. The van der Waals surface area contributed by atoms with Crippen LogP contribution in [0.3, 0.4) is 0 Å². The molecule has 1 N–H and O–H groups in total. The van der Waals surface area contributed by atoms with Crippen LogP contribution in [-0.2, 0) is 0 Å². The summed E-state index contributed by atoms with van der Waals surface area (Å²) in [5.74, 6) is 6.31. The van der Waals surface area contributed by atoms with Crippen LogP contribution in [0.1, 0.15) is 112 Å². The molecule has 0 aliphatic heterocycles. The zero-order chi connectivity index (χ0) is 21.7. The maximum atomic E-state index is 10.2. The number of rotatable bonds is 6. The van der Waals surface area contributed by atoms with Gasteiger partial charge in [0, 0.05) is 0 Å². The van der Waals surface area contributed by atoms with Crippen molar-refractivity contribution in [2.75, 3.05) is 0 Å². The Balaban J connectivity index is 1.47. The van der Waals surface area contributed by atoms with E-state index < -0.39 is 0 Å². The molecular weight excluding hydrogens is 364 g/mol. The van der Waals surface area contributed by atoms with Crippen LogP contribution in [-0.4, -0.2) is 11.2 Å². The van der Waals surface area contributed by atoms with E-state index in [4.69, 9.17) is 0 Å². The third kappa shape index (κ3) is 3.74. The van der Waals surface area contributed by atoms with Crippen molar-refractivity contribution in [3.05, 3.63) is 11.6 Å². The van der Waals surface area contributed by atoms with Gasteiger partial charge in [0.05, 0.1) is 6.10 Å². The summed E-state index contributed by atoms with van der Waals surface area (Å²) >= 11 is 0. The van der Waals surface area contributed by atoms with Gasteiger partial charge in [-0.15, -0.1) is 0 Å². The molecule has 0 radical (unpaired) electrons. The molecule has 30 heavy (non-hydrogen) atoms. The van der Waals surface area contributed by atoms with Gasteiger partial charge in [0.2, 0.25) is 0 Å². The Labute approximate surface area is 187 Å². The SMILES string of the molecule is CC[C@H](CC[C@@H](C)[C@H]1CC[C@@H]2[C@@H]3CC=C4C[C@H](O)CC[C@]4(C)[C@@H]3CC[C@@]21C)C(C)C. The Morgan fingerprint density at radius 2 is 1.77 bits per heavy atom. The molecule has 3 saturated carbocycles. The van der Waals surface area contributed by atoms with Crippen LogP contribution in [0.25, 0.3) is 0 Å². The maximum absolute atomic E-state index is 10.2.